The minimum Gasteiger partial charge on any atom is -0.467 e. The van der Waals surface area contributed by atoms with E-state index in [4.69, 9.17) is 10.5 Å². The summed E-state index contributed by atoms with van der Waals surface area (Å²) in [7, 11) is 1.31. The van der Waals surface area contributed by atoms with Crippen molar-refractivity contribution >= 4 is 23.2 Å². The monoisotopic (exact) mass is 308 g/mol. The molecule has 1 amide bonds. The lowest BCUT2D eigenvalue weighted by atomic mass is 10.0. The third kappa shape index (κ3) is 5.58. The van der Waals surface area contributed by atoms with Gasteiger partial charge in [-0.2, -0.15) is 0 Å². The van der Waals surface area contributed by atoms with Gasteiger partial charge >= 0.3 is 5.97 Å². The van der Waals surface area contributed by atoms with Gasteiger partial charge < -0.3 is 15.8 Å². The van der Waals surface area contributed by atoms with Crippen LogP contribution in [0.5, 0.6) is 0 Å². The summed E-state index contributed by atoms with van der Waals surface area (Å²) in [5.41, 5.74) is 5.79. The fourth-order valence-electron chi connectivity index (χ4n) is 1.73. The number of carbonyl (C=O) groups is 2. The first-order chi connectivity index (χ1) is 9.97. The smallest absolute Gasteiger partial charge is 0.328 e. The molecule has 6 heteroatoms. The number of nitrogens with two attached hydrogens (primary N) is 1. The number of thiophene rings is 1. The highest BCUT2D eigenvalue weighted by atomic mass is 32.1. The van der Waals surface area contributed by atoms with E-state index in [0.717, 1.165) is 4.88 Å². The molecule has 1 rings (SSSR count). The molecule has 0 saturated heterocycles. The molecule has 1 aromatic heterocycles. The summed E-state index contributed by atoms with van der Waals surface area (Å²) in [6, 6.07) is 1.05. The Morgan fingerprint density at radius 1 is 1.48 bits per heavy atom. The van der Waals surface area contributed by atoms with Crippen LogP contribution in [-0.4, -0.2) is 31.6 Å². The lowest BCUT2D eigenvalue weighted by Crippen LogP contribution is -2.42. The standard InChI is InChI=1S/C15H20N2O3S/c1-10(2)7-13(15(19)20-3)17-14(18)11-8-12(21-9-11)5-4-6-16/h8-10,13H,6-7,16H2,1-3H3,(H,17,18). The topological polar surface area (TPSA) is 81.4 Å². The van der Waals surface area contributed by atoms with E-state index in [1.165, 1.54) is 18.4 Å². The minimum atomic E-state index is -0.638. The molecule has 21 heavy (non-hydrogen) atoms. The van der Waals surface area contributed by atoms with E-state index in [1.807, 2.05) is 13.8 Å². The largest absolute Gasteiger partial charge is 0.467 e. The number of nitrogens with one attached hydrogen (secondary N) is 1. The van der Waals surface area contributed by atoms with Crippen molar-refractivity contribution in [2.75, 3.05) is 13.7 Å². The van der Waals surface area contributed by atoms with Crippen LogP contribution in [0.1, 0.15) is 35.5 Å². The van der Waals surface area contributed by atoms with Crippen LogP contribution < -0.4 is 11.1 Å². The maximum absolute atomic E-state index is 12.2. The van der Waals surface area contributed by atoms with Crippen LogP contribution in [0, 0.1) is 17.8 Å². The summed E-state index contributed by atoms with van der Waals surface area (Å²) in [6.45, 7) is 4.23. The summed E-state index contributed by atoms with van der Waals surface area (Å²) < 4.78 is 4.72. The molecule has 3 N–H and O–H groups in total. The highest BCUT2D eigenvalue weighted by molar-refractivity contribution is 7.10. The second-order valence-electron chi connectivity index (χ2n) is 4.88. The molecule has 5 nitrogen and oxygen atoms in total. The molecule has 0 spiro atoms. The number of carbonyl (C=O) groups excluding carboxylic acids is 2. The highest BCUT2D eigenvalue weighted by Crippen LogP contribution is 2.14. The summed E-state index contributed by atoms with van der Waals surface area (Å²) in [5.74, 6) is 5.13. The molecule has 1 heterocycles. The predicted molar refractivity (Wildman–Crippen MR) is 83.0 cm³/mol. The second kappa shape index (κ2) is 8.45. The molecule has 0 aromatic carbocycles. The average molecular weight is 308 g/mol. The highest BCUT2D eigenvalue weighted by Gasteiger charge is 2.23. The van der Waals surface area contributed by atoms with Gasteiger partial charge in [0.1, 0.15) is 6.04 Å². The summed E-state index contributed by atoms with van der Waals surface area (Å²) >= 11 is 1.37. The molecule has 0 saturated carbocycles. The van der Waals surface area contributed by atoms with Gasteiger partial charge in [-0.05, 0) is 18.4 Å². The van der Waals surface area contributed by atoms with Crippen LogP contribution in [0.2, 0.25) is 0 Å². The van der Waals surface area contributed by atoms with Crippen molar-refractivity contribution in [2.45, 2.75) is 26.3 Å². The van der Waals surface area contributed by atoms with Gasteiger partial charge in [-0.15, -0.1) is 11.3 Å². The van der Waals surface area contributed by atoms with Crippen molar-refractivity contribution in [3.05, 3.63) is 21.9 Å². The first kappa shape index (κ1) is 17.2. The van der Waals surface area contributed by atoms with E-state index in [1.54, 1.807) is 11.4 Å². The van der Waals surface area contributed by atoms with Gasteiger partial charge in [-0.25, -0.2) is 4.79 Å². The first-order valence-corrected chi connectivity index (χ1v) is 7.52. The van der Waals surface area contributed by atoms with Crippen molar-refractivity contribution < 1.29 is 14.3 Å². The van der Waals surface area contributed by atoms with E-state index < -0.39 is 12.0 Å². The molecule has 1 unspecified atom stereocenters. The third-order valence-corrected chi connectivity index (χ3v) is 3.52. The van der Waals surface area contributed by atoms with Gasteiger partial charge in [0.25, 0.3) is 5.91 Å². The van der Waals surface area contributed by atoms with Gasteiger partial charge in [-0.1, -0.05) is 25.7 Å². The molecule has 1 atom stereocenters. The van der Waals surface area contributed by atoms with Crippen LogP contribution in [0.4, 0.5) is 0 Å². The van der Waals surface area contributed by atoms with Gasteiger partial charge in [0.2, 0.25) is 0 Å². The molecule has 0 radical (unpaired) electrons. The van der Waals surface area contributed by atoms with Crippen molar-refractivity contribution in [1.29, 1.82) is 0 Å². The zero-order valence-corrected chi connectivity index (χ0v) is 13.3. The van der Waals surface area contributed by atoms with Crippen LogP contribution in [0.15, 0.2) is 11.4 Å². The molecule has 0 aliphatic rings. The van der Waals surface area contributed by atoms with E-state index >= 15 is 0 Å². The Labute approximate surface area is 128 Å². The molecule has 0 aliphatic heterocycles. The average Bonchev–Trinajstić information content (AvgIpc) is 2.91. The Balaban J connectivity index is 2.77. The van der Waals surface area contributed by atoms with Crippen molar-refractivity contribution in [1.82, 2.24) is 5.32 Å². The number of hydrogen-bond acceptors (Lipinski definition) is 5. The lowest BCUT2D eigenvalue weighted by molar-refractivity contribution is -0.143. The molecule has 1 aromatic rings. The first-order valence-electron chi connectivity index (χ1n) is 6.64. The number of methoxy groups -OCH3 is 1. The van der Waals surface area contributed by atoms with Crippen molar-refractivity contribution in [3.8, 4) is 11.8 Å². The Hall–Kier alpha value is -1.84. The Kier molecular flexibility index (Phi) is 6.92. The predicted octanol–water partition coefficient (Wildman–Crippen LogP) is 1.38. The van der Waals surface area contributed by atoms with Crippen LogP contribution in [0.3, 0.4) is 0 Å². The van der Waals surface area contributed by atoms with Crippen LogP contribution >= 0.6 is 11.3 Å². The fourth-order valence-corrected chi connectivity index (χ4v) is 2.48. The normalized spacial score (nSPS) is 11.5. The summed E-state index contributed by atoms with van der Waals surface area (Å²) in [6.07, 6.45) is 0.530. The third-order valence-electron chi connectivity index (χ3n) is 2.67. The van der Waals surface area contributed by atoms with Crippen molar-refractivity contribution in [3.63, 3.8) is 0 Å². The molecular weight excluding hydrogens is 288 g/mol. The van der Waals surface area contributed by atoms with Crippen LogP contribution in [0.25, 0.3) is 0 Å². The molecule has 114 valence electrons. The van der Waals surface area contributed by atoms with Gasteiger partial charge in [0, 0.05) is 5.38 Å². The Bertz CT molecular complexity index is 555. The lowest BCUT2D eigenvalue weighted by Gasteiger charge is -2.17. The quantitative estimate of drug-likeness (QED) is 0.636. The molecule has 0 aliphatic carbocycles. The summed E-state index contributed by atoms with van der Waals surface area (Å²) in [4.78, 5) is 24.6. The van der Waals surface area contributed by atoms with Gasteiger partial charge in [-0.3, -0.25) is 4.79 Å². The fraction of sp³-hybridized carbons (Fsp3) is 0.467. The number of rotatable bonds is 5. The van der Waals surface area contributed by atoms with E-state index in [-0.39, 0.29) is 18.4 Å². The maximum atomic E-state index is 12.2. The number of esters is 1. The Morgan fingerprint density at radius 2 is 2.19 bits per heavy atom. The molecule has 0 bridgehead atoms. The number of hydrogen-bond donors (Lipinski definition) is 2. The molecule has 0 fully saturated rings. The van der Waals surface area contributed by atoms with E-state index in [9.17, 15) is 9.59 Å². The zero-order chi connectivity index (χ0) is 15.8. The van der Waals surface area contributed by atoms with Crippen molar-refractivity contribution in [2.24, 2.45) is 11.7 Å². The maximum Gasteiger partial charge on any atom is 0.328 e. The second-order valence-corrected chi connectivity index (χ2v) is 5.80. The SMILES string of the molecule is COC(=O)C(CC(C)C)NC(=O)c1csc(C#CCN)c1. The van der Waals surface area contributed by atoms with Crippen LogP contribution in [-0.2, 0) is 9.53 Å². The van der Waals surface area contributed by atoms with Gasteiger partial charge in [0.15, 0.2) is 0 Å². The van der Waals surface area contributed by atoms with E-state index in [0.29, 0.717) is 12.0 Å². The zero-order valence-electron chi connectivity index (χ0n) is 12.4. The number of ether oxygens (including phenoxy) is 1. The molecular formula is C15H20N2O3S. The van der Waals surface area contributed by atoms with Gasteiger partial charge in [0.05, 0.1) is 24.1 Å². The van der Waals surface area contributed by atoms with E-state index in [2.05, 4.69) is 17.2 Å². The number of amides is 1. The Morgan fingerprint density at radius 3 is 2.76 bits per heavy atom. The minimum absolute atomic E-state index is 0.267. The summed E-state index contributed by atoms with van der Waals surface area (Å²) in [5, 5.41) is 4.41.